The molecule has 0 radical (unpaired) electrons. The fourth-order valence-electron chi connectivity index (χ4n) is 1.77. The van der Waals surface area contributed by atoms with Gasteiger partial charge in [-0.05, 0) is 0 Å². The van der Waals surface area contributed by atoms with Crippen molar-refractivity contribution < 1.29 is 0 Å². The molecule has 78 valence electrons. The molecule has 15 heavy (non-hydrogen) atoms. The molecule has 1 fully saturated rings. The first-order chi connectivity index (χ1) is 7.45. The van der Waals surface area contributed by atoms with E-state index in [0.29, 0.717) is 5.65 Å². The Kier molecular flexibility index (Phi) is 1.95. The van der Waals surface area contributed by atoms with Gasteiger partial charge in [-0.2, -0.15) is 10.3 Å². The minimum absolute atomic E-state index is 0.624. The van der Waals surface area contributed by atoms with Crippen LogP contribution in [0.3, 0.4) is 0 Å². The number of piperazine rings is 1. The summed E-state index contributed by atoms with van der Waals surface area (Å²) in [5, 5.41) is 13.9. The van der Waals surface area contributed by atoms with Gasteiger partial charge in [-0.15, -0.1) is 5.10 Å². The van der Waals surface area contributed by atoms with Gasteiger partial charge in [0.25, 0.3) is 0 Å². The Morgan fingerprint density at radius 2 is 2.00 bits per heavy atom. The van der Waals surface area contributed by atoms with Gasteiger partial charge in [0.15, 0.2) is 11.3 Å². The van der Waals surface area contributed by atoms with E-state index in [9.17, 15) is 0 Å². The van der Waals surface area contributed by atoms with Gasteiger partial charge in [0, 0.05) is 26.2 Å². The summed E-state index contributed by atoms with van der Waals surface area (Å²) < 4.78 is 0. The minimum Gasteiger partial charge on any atom is -0.352 e. The normalized spacial score (nSPS) is 17.2. The highest BCUT2D eigenvalue weighted by molar-refractivity contribution is 5.81. The minimum atomic E-state index is 0.624. The third kappa shape index (κ3) is 1.40. The van der Waals surface area contributed by atoms with Crippen molar-refractivity contribution in [2.24, 2.45) is 0 Å². The molecule has 1 aliphatic heterocycles. The van der Waals surface area contributed by atoms with Gasteiger partial charge in [-0.25, -0.2) is 9.97 Å². The van der Waals surface area contributed by atoms with Crippen molar-refractivity contribution in [3.05, 3.63) is 6.33 Å². The molecule has 7 nitrogen and oxygen atoms in total. The highest BCUT2D eigenvalue weighted by Gasteiger charge is 2.16. The highest BCUT2D eigenvalue weighted by Crippen LogP contribution is 2.18. The zero-order valence-corrected chi connectivity index (χ0v) is 8.14. The summed E-state index contributed by atoms with van der Waals surface area (Å²) in [5.41, 5.74) is 1.37. The molecule has 1 saturated heterocycles. The summed E-state index contributed by atoms with van der Waals surface area (Å²) >= 11 is 0. The summed E-state index contributed by atoms with van der Waals surface area (Å²) in [6, 6.07) is 0. The topological polar surface area (TPSA) is 82.6 Å². The lowest BCUT2D eigenvalue weighted by molar-refractivity contribution is 0.585. The van der Waals surface area contributed by atoms with E-state index in [0.717, 1.165) is 37.5 Å². The number of aromatic nitrogens is 5. The van der Waals surface area contributed by atoms with E-state index in [2.05, 4.69) is 35.6 Å². The summed E-state index contributed by atoms with van der Waals surface area (Å²) in [6.45, 7) is 3.84. The number of nitrogens with zero attached hydrogens (tertiary/aromatic N) is 5. The van der Waals surface area contributed by atoms with Gasteiger partial charge in [0.05, 0.1) is 0 Å². The van der Waals surface area contributed by atoms with Crippen LogP contribution in [0.25, 0.3) is 11.2 Å². The first kappa shape index (κ1) is 8.54. The van der Waals surface area contributed by atoms with E-state index in [1.165, 1.54) is 6.33 Å². The SMILES string of the molecule is c1nc(N2CCNCC2)c2n[nH]nc2n1. The molecule has 0 amide bonds. The van der Waals surface area contributed by atoms with Crippen molar-refractivity contribution in [1.82, 2.24) is 30.7 Å². The maximum Gasteiger partial charge on any atom is 0.206 e. The second kappa shape index (κ2) is 3.43. The van der Waals surface area contributed by atoms with Crippen LogP contribution in [0, 0.1) is 0 Å². The molecular formula is C8H11N7. The lowest BCUT2D eigenvalue weighted by atomic mass is 10.3. The highest BCUT2D eigenvalue weighted by atomic mass is 15.4. The zero-order chi connectivity index (χ0) is 10.1. The van der Waals surface area contributed by atoms with Crippen LogP contribution >= 0.6 is 0 Å². The van der Waals surface area contributed by atoms with Gasteiger partial charge >= 0.3 is 0 Å². The number of rotatable bonds is 1. The quantitative estimate of drug-likeness (QED) is 0.631. The lowest BCUT2D eigenvalue weighted by Crippen LogP contribution is -2.44. The van der Waals surface area contributed by atoms with Crippen molar-refractivity contribution in [1.29, 1.82) is 0 Å². The Morgan fingerprint density at radius 1 is 1.13 bits per heavy atom. The van der Waals surface area contributed by atoms with Gasteiger partial charge in [0.2, 0.25) is 5.65 Å². The molecule has 0 atom stereocenters. The van der Waals surface area contributed by atoms with E-state index in [-0.39, 0.29) is 0 Å². The summed E-state index contributed by atoms with van der Waals surface area (Å²) in [7, 11) is 0. The third-order valence-electron chi connectivity index (χ3n) is 2.52. The molecule has 3 heterocycles. The first-order valence-corrected chi connectivity index (χ1v) is 4.92. The Bertz CT molecular complexity index is 459. The molecule has 3 rings (SSSR count). The number of hydrogen-bond acceptors (Lipinski definition) is 6. The maximum atomic E-state index is 4.27. The average Bonchev–Trinajstić information content (AvgIpc) is 2.78. The van der Waals surface area contributed by atoms with Crippen molar-refractivity contribution >= 4 is 17.0 Å². The van der Waals surface area contributed by atoms with Crippen LogP contribution in [0.5, 0.6) is 0 Å². The van der Waals surface area contributed by atoms with Crippen LogP contribution in [-0.4, -0.2) is 51.6 Å². The molecule has 0 unspecified atom stereocenters. The average molecular weight is 205 g/mol. The molecule has 0 spiro atoms. The zero-order valence-electron chi connectivity index (χ0n) is 8.14. The van der Waals surface area contributed by atoms with Crippen LogP contribution in [-0.2, 0) is 0 Å². The predicted molar refractivity (Wildman–Crippen MR) is 54.6 cm³/mol. The second-order valence-corrected chi connectivity index (χ2v) is 3.43. The van der Waals surface area contributed by atoms with Crippen LogP contribution in [0.15, 0.2) is 6.33 Å². The number of anilines is 1. The molecule has 0 saturated carbocycles. The van der Waals surface area contributed by atoms with Crippen molar-refractivity contribution in [3.8, 4) is 0 Å². The van der Waals surface area contributed by atoms with E-state index < -0.39 is 0 Å². The van der Waals surface area contributed by atoms with Gasteiger partial charge in [-0.1, -0.05) is 0 Å². The fourth-order valence-corrected chi connectivity index (χ4v) is 1.77. The molecule has 2 aromatic heterocycles. The largest absolute Gasteiger partial charge is 0.352 e. The Labute approximate surface area is 85.9 Å². The number of H-pyrrole nitrogens is 1. The number of fused-ring (bicyclic) bond motifs is 1. The Morgan fingerprint density at radius 3 is 2.87 bits per heavy atom. The molecule has 2 aromatic rings. The molecule has 1 aliphatic rings. The first-order valence-electron chi connectivity index (χ1n) is 4.92. The van der Waals surface area contributed by atoms with Crippen LogP contribution in [0.2, 0.25) is 0 Å². The van der Waals surface area contributed by atoms with Crippen molar-refractivity contribution in [2.75, 3.05) is 31.1 Å². The number of nitrogens with one attached hydrogen (secondary N) is 2. The van der Waals surface area contributed by atoms with Gasteiger partial charge < -0.3 is 10.2 Å². The smallest absolute Gasteiger partial charge is 0.206 e. The number of aromatic amines is 1. The molecular weight excluding hydrogens is 194 g/mol. The van der Waals surface area contributed by atoms with E-state index >= 15 is 0 Å². The summed E-state index contributed by atoms with van der Waals surface area (Å²) in [5.74, 6) is 0.871. The molecule has 0 bridgehead atoms. The molecule has 2 N–H and O–H groups in total. The third-order valence-corrected chi connectivity index (χ3v) is 2.52. The number of hydrogen-bond donors (Lipinski definition) is 2. The van der Waals surface area contributed by atoms with Crippen LogP contribution in [0.1, 0.15) is 0 Å². The predicted octanol–water partition coefficient (Wildman–Crippen LogP) is -0.842. The van der Waals surface area contributed by atoms with E-state index in [1.54, 1.807) is 0 Å². The Hall–Kier alpha value is -1.76. The van der Waals surface area contributed by atoms with Gasteiger partial charge in [-0.3, -0.25) is 0 Å². The summed E-state index contributed by atoms with van der Waals surface area (Å²) in [6.07, 6.45) is 1.53. The van der Waals surface area contributed by atoms with E-state index in [4.69, 9.17) is 0 Å². The molecule has 0 aliphatic carbocycles. The maximum absolute atomic E-state index is 4.27. The fraction of sp³-hybridized carbons (Fsp3) is 0.500. The standard InChI is InChI=1S/C8H11N7/c1-3-15(4-2-9-1)8-6-7(10-5-11-8)13-14-12-6/h5,9H,1-4H2,(H,10,11,12,13,14). The van der Waals surface area contributed by atoms with Crippen LogP contribution < -0.4 is 10.2 Å². The second-order valence-electron chi connectivity index (χ2n) is 3.43. The van der Waals surface area contributed by atoms with Crippen molar-refractivity contribution in [3.63, 3.8) is 0 Å². The lowest BCUT2D eigenvalue weighted by Gasteiger charge is -2.27. The molecule has 7 heteroatoms. The summed E-state index contributed by atoms with van der Waals surface area (Å²) in [4.78, 5) is 10.5. The van der Waals surface area contributed by atoms with Gasteiger partial charge in [0.1, 0.15) is 6.33 Å². The molecule has 0 aromatic carbocycles. The van der Waals surface area contributed by atoms with E-state index in [1.807, 2.05) is 0 Å². The van der Waals surface area contributed by atoms with Crippen molar-refractivity contribution in [2.45, 2.75) is 0 Å². The Balaban J connectivity index is 2.05. The monoisotopic (exact) mass is 205 g/mol. The van der Waals surface area contributed by atoms with Crippen LogP contribution in [0.4, 0.5) is 5.82 Å².